The number of rotatable bonds is 6. The number of aliphatic imine (C=N–C) groups is 1. The van der Waals surface area contributed by atoms with Gasteiger partial charge in [-0.15, -0.1) is 0 Å². The molecule has 0 fully saturated rings. The zero-order chi connectivity index (χ0) is 22.0. The van der Waals surface area contributed by atoms with Gasteiger partial charge < -0.3 is 9.47 Å². The van der Waals surface area contributed by atoms with Crippen molar-refractivity contribution in [3.05, 3.63) is 64.7 Å². The van der Waals surface area contributed by atoms with Gasteiger partial charge in [0.25, 0.3) is 5.91 Å². The number of amides is 1. The zero-order valence-electron chi connectivity index (χ0n) is 17.5. The summed E-state index contributed by atoms with van der Waals surface area (Å²) in [6.07, 6.45) is 1.65. The van der Waals surface area contributed by atoms with E-state index in [0.29, 0.717) is 24.1 Å². The fourth-order valence-corrected chi connectivity index (χ4v) is 3.98. The molecule has 0 bridgehead atoms. The van der Waals surface area contributed by atoms with Crippen molar-refractivity contribution in [2.24, 2.45) is 10.1 Å². The molecule has 1 amide bonds. The highest BCUT2D eigenvalue weighted by atomic mass is 32.2. The molecular weight excluding hydrogens is 412 g/mol. The van der Waals surface area contributed by atoms with Crippen LogP contribution in [0.25, 0.3) is 6.08 Å². The van der Waals surface area contributed by atoms with E-state index in [9.17, 15) is 4.79 Å². The van der Waals surface area contributed by atoms with Crippen LogP contribution >= 0.6 is 11.8 Å². The fourth-order valence-electron chi connectivity index (χ4n) is 3.24. The fraction of sp³-hybridized carbons (Fsp3) is 0.217. The molecule has 0 saturated carbocycles. The van der Waals surface area contributed by atoms with Crippen LogP contribution in [0.3, 0.4) is 0 Å². The smallest absolute Gasteiger partial charge is 0.283 e. The van der Waals surface area contributed by atoms with Gasteiger partial charge in [0.05, 0.1) is 10.6 Å². The standard InChI is InChI=1S/C23H22N4O3S/c1-14-5-4-6-15(2)20(14)30-12-11-29-18-9-7-17(8-10-18)13-19-21(24)27-23(25-22(19)28)31-16(3)26-27/h4-10,13,24H,11-12H2,1-3H3/b19-13+,24-21?. The minimum Gasteiger partial charge on any atom is -0.490 e. The van der Waals surface area contributed by atoms with E-state index in [4.69, 9.17) is 14.9 Å². The number of fused-ring (bicyclic) bond motifs is 1. The van der Waals surface area contributed by atoms with E-state index in [1.165, 1.54) is 16.8 Å². The molecule has 8 heteroatoms. The maximum Gasteiger partial charge on any atom is 0.283 e. The number of ether oxygens (including phenoxy) is 2. The van der Waals surface area contributed by atoms with Gasteiger partial charge in [0.15, 0.2) is 5.84 Å². The van der Waals surface area contributed by atoms with Crippen molar-refractivity contribution in [1.82, 2.24) is 5.01 Å². The number of para-hydroxylation sites is 1. The second-order valence-corrected chi connectivity index (χ2v) is 8.29. The minimum absolute atomic E-state index is 0.0309. The van der Waals surface area contributed by atoms with Crippen molar-refractivity contribution in [3.8, 4) is 11.5 Å². The topological polar surface area (TPSA) is 87.3 Å². The van der Waals surface area contributed by atoms with Crippen LogP contribution in [0.5, 0.6) is 11.5 Å². The molecule has 2 aromatic rings. The highest BCUT2D eigenvalue weighted by molar-refractivity contribution is 8.26. The number of hydrogen-bond acceptors (Lipinski definition) is 6. The molecule has 1 N–H and O–H groups in total. The van der Waals surface area contributed by atoms with Gasteiger partial charge in [0.2, 0.25) is 5.17 Å². The van der Waals surface area contributed by atoms with Crippen molar-refractivity contribution in [1.29, 1.82) is 5.41 Å². The molecule has 7 nitrogen and oxygen atoms in total. The molecule has 0 saturated heterocycles. The third kappa shape index (κ3) is 4.54. The number of thioether (sulfide) groups is 1. The molecule has 0 unspecified atom stereocenters. The number of nitrogens with one attached hydrogen (secondary N) is 1. The van der Waals surface area contributed by atoms with Crippen molar-refractivity contribution in [3.63, 3.8) is 0 Å². The van der Waals surface area contributed by atoms with Crippen LogP contribution in [-0.4, -0.2) is 40.2 Å². The van der Waals surface area contributed by atoms with Crippen molar-refractivity contribution in [2.75, 3.05) is 13.2 Å². The first-order valence-electron chi connectivity index (χ1n) is 9.81. The lowest BCUT2D eigenvalue weighted by Crippen LogP contribution is -2.35. The van der Waals surface area contributed by atoms with E-state index in [2.05, 4.69) is 10.1 Å². The van der Waals surface area contributed by atoms with Gasteiger partial charge in [0, 0.05) is 0 Å². The normalized spacial score (nSPS) is 16.9. The van der Waals surface area contributed by atoms with Crippen LogP contribution in [0.1, 0.15) is 23.6 Å². The molecule has 2 aromatic carbocycles. The monoisotopic (exact) mass is 434 g/mol. The maximum absolute atomic E-state index is 12.3. The first-order valence-corrected chi connectivity index (χ1v) is 10.6. The maximum atomic E-state index is 12.3. The number of benzene rings is 2. The quantitative estimate of drug-likeness (QED) is 0.538. The molecule has 0 aliphatic carbocycles. The van der Waals surface area contributed by atoms with Gasteiger partial charge in [-0.1, -0.05) is 30.3 Å². The van der Waals surface area contributed by atoms with Crippen molar-refractivity contribution in [2.45, 2.75) is 20.8 Å². The van der Waals surface area contributed by atoms with E-state index in [1.807, 2.05) is 63.2 Å². The zero-order valence-corrected chi connectivity index (χ0v) is 18.3. The summed E-state index contributed by atoms with van der Waals surface area (Å²) in [6.45, 7) is 6.72. The van der Waals surface area contributed by atoms with E-state index in [1.54, 1.807) is 6.08 Å². The van der Waals surface area contributed by atoms with Crippen LogP contribution in [0.4, 0.5) is 0 Å². The van der Waals surface area contributed by atoms with Gasteiger partial charge in [-0.05, 0) is 67.4 Å². The summed E-state index contributed by atoms with van der Waals surface area (Å²) in [5, 5.41) is 15.1. The van der Waals surface area contributed by atoms with E-state index in [-0.39, 0.29) is 11.4 Å². The average molecular weight is 435 g/mol. The highest BCUT2D eigenvalue weighted by Gasteiger charge is 2.34. The van der Waals surface area contributed by atoms with Crippen LogP contribution in [-0.2, 0) is 4.79 Å². The minimum atomic E-state index is -0.433. The van der Waals surface area contributed by atoms with Crippen LogP contribution in [0.15, 0.2) is 58.1 Å². The lowest BCUT2D eigenvalue weighted by molar-refractivity contribution is -0.114. The Morgan fingerprint density at radius 1 is 1.03 bits per heavy atom. The average Bonchev–Trinajstić information content (AvgIpc) is 3.11. The molecule has 0 aromatic heterocycles. The summed E-state index contributed by atoms with van der Waals surface area (Å²) in [6, 6.07) is 13.4. The van der Waals surface area contributed by atoms with Crippen LogP contribution in [0.2, 0.25) is 0 Å². The Morgan fingerprint density at radius 3 is 2.42 bits per heavy atom. The van der Waals surface area contributed by atoms with Crippen LogP contribution < -0.4 is 9.47 Å². The largest absolute Gasteiger partial charge is 0.490 e. The van der Waals surface area contributed by atoms with Crippen LogP contribution in [0, 0.1) is 19.3 Å². The number of hydrazone groups is 1. The van der Waals surface area contributed by atoms with Gasteiger partial charge in [-0.3, -0.25) is 10.2 Å². The molecular formula is C23H22N4O3S. The molecule has 4 rings (SSSR count). The van der Waals surface area contributed by atoms with Gasteiger partial charge >= 0.3 is 0 Å². The molecule has 2 heterocycles. The number of aryl methyl sites for hydroxylation is 2. The number of nitrogens with zero attached hydrogens (tertiary/aromatic N) is 3. The Labute approximate surface area is 185 Å². The molecule has 2 aliphatic heterocycles. The molecule has 0 radical (unpaired) electrons. The Hall–Kier alpha value is -3.39. The number of carbonyl (C=O) groups is 1. The second-order valence-electron chi connectivity index (χ2n) is 7.13. The molecule has 2 aliphatic rings. The molecule has 0 atom stereocenters. The third-order valence-corrected chi connectivity index (χ3v) is 5.58. The number of carbonyl (C=O) groups excluding carboxylic acids is 1. The summed E-state index contributed by atoms with van der Waals surface area (Å²) >= 11 is 1.29. The summed E-state index contributed by atoms with van der Waals surface area (Å²) in [7, 11) is 0. The van der Waals surface area contributed by atoms with E-state index in [0.717, 1.165) is 27.5 Å². The number of amidine groups is 2. The Bertz CT molecular complexity index is 1120. The molecule has 0 spiro atoms. The summed E-state index contributed by atoms with van der Waals surface area (Å²) in [4.78, 5) is 16.4. The lowest BCUT2D eigenvalue weighted by Gasteiger charge is -2.20. The predicted molar refractivity (Wildman–Crippen MR) is 124 cm³/mol. The predicted octanol–water partition coefficient (Wildman–Crippen LogP) is 4.40. The Kier molecular flexibility index (Phi) is 5.90. The second kappa shape index (κ2) is 8.77. The molecule has 31 heavy (non-hydrogen) atoms. The van der Waals surface area contributed by atoms with Crippen molar-refractivity contribution >= 4 is 39.8 Å². The van der Waals surface area contributed by atoms with Gasteiger partial charge in [0.1, 0.15) is 24.7 Å². The first-order chi connectivity index (χ1) is 14.9. The first kappa shape index (κ1) is 20.9. The lowest BCUT2D eigenvalue weighted by atomic mass is 10.1. The van der Waals surface area contributed by atoms with Gasteiger partial charge in [-0.25, -0.2) is 0 Å². The summed E-state index contributed by atoms with van der Waals surface area (Å²) in [5.41, 5.74) is 3.19. The summed E-state index contributed by atoms with van der Waals surface area (Å²) < 4.78 is 11.6. The summed E-state index contributed by atoms with van der Waals surface area (Å²) in [5.74, 6) is 1.20. The van der Waals surface area contributed by atoms with Crippen molar-refractivity contribution < 1.29 is 14.3 Å². The van der Waals surface area contributed by atoms with Gasteiger partial charge in [-0.2, -0.15) is 15.1 Å². The van der Waals surface area contributed by atoms with E-state index < -0.39 is 5.91 Å². The third-order valence-electron chi connectivity index (χ3n) is 4.75. The Balaban J connectivity index is 1.36. The highest BCUT2D eigenvalue weighted by Crippen LogP contribution is 2.28. The van der Waals surface area contributed by atoms with E-state index >= 15 is 0 Å². The number of hydrogen-bond donors (Lipinski definition) is 1. The molecule has 158 valence electrons. The SMILES string of the molecule is CC1=NN2C(=N)/C(=C\c3ccc(OCCOc4c(C)cccc4C)cc3)C(=O)N=C2S1. The Morgan fingerprint density at radius 2 is 1.71 bits per heavy atom.